The summed E-state index contributed by atoms with van der Waals surface area (Å²) in [5.41, 5.74) is 4.12. The highest BCUT2D eigenvalue weighted by atomic mass is 32.2. The molecule has 1 heterocycles. The fourth-order valence-corrected chi connectivity index (χ4v) is 3.11. The Hall–Kier alpha value is -2.58. The number of rotatable bonds is 6. The van der Waals surface area contributed by atoms with Crippen LogP contribution in [0.15, 0.2) is 58.2 Å². The summed E-state index contributed by atoms with van der Waals surface area (Å²) >= 11 is 1.45. The lowest BCUT2D eigenvalue weighted by Crippen LogP contribution is -1.89. The lowest BCUT2D eigenvalue weighted by molar-refractivity contribution is 0.420. The van der Waals surface area contributed by atoms with E-state index < -0.39 is 0 Å². The average molecular weight is 335 g/mol. The summed E-state index contributed by atoms with van der Waals surface area (Å²) in [4.78, 5) is 0. The lowest BCUT2D eigenvalue weighted by atomic mass is 10.1. The van der Waals surface area contributed by atoms with E-state index in [9.17, 15) is 0 Å². The van der Waals surface area contributed by atoms with Crippen LogP contribution in [0, 0.1) is 11.3 Å². The summed E-state index contributed by atoms with van der Waals surface area (Å²) < 4.78 is 5.70. The van der Waals surface area contributed by atoms with Gasteiger partial charge in [-0.25, -0.2) is 0 Å². The van der Waals surface area contributed by atoms with Crippen LogP contribution in [0.2, 0.25) is 0 Å². The van der Waals surface area contributed by atoms with Gasteiger partial charge in [0.15, 0.2) is 0 Å². The third kappa shape index (κ3) is 4.03. The molecule has 0 spiro atoms. The molecule has 5 heteroatoms. The molecule has 120 valence electrons. The van der Waals surface area contributed by atoms with Crippen molar-refractivity contribution in [3.63, 3.8) is 0 Å². The van der Waals surface area contributed by atoms with Crippen LogP contribution < -0.4 is 0 Å². The third-order valence-corrected chi connectivity index (χ3v) is 4.59. The topological polar surface area (TPSA) is 62.7 Å². The van der Waals surface area contributed by atoms with E-state index in [0.29, 0.717) is 28.9 Å². The van der Waals surface area contributed by atoms with E-state index >= 15 is 0 Å². The van der Waals surface area contributed by atoms with Crippen LogP contribution in [0.4, 0.5) is 0 Å². The molecule has 3 rings (SSSR count). The van der Waals surface area contributed by atoms with Gasteiger partial charge in [-0.2, -0.15) is 5.26 Å². The molecule has 2 aromatic carbocycles. The highest BCUT2D eigenvalue weighted by Gasteiger charge is 2.09. The third-order valence-electron chi connectivity index (χ3n) is 3.72. The summed E-state index contributed by atoms with van der Waals surface area (Å²) in [6.45, 7) is 2.14. The van der Waals surface area contributed by atoms with E-state index in [0.717, 1.165) is 17.5 Å². The van der Waals surface area contributed by atoms with Crippen LogP contribution in [0.3, 0.4) is 0 Å². The van der Waals surface area contributed by atoms with Gasteiger partial charge in [-0.3, -0.25) is 0 Å². The van der Waals surface area contributed by atoms with Crippen LogP contribution in [0.25, 0.3) is 0 Å². The van der Waals surface area contributed by atoms with Gasteiger partial charge in [-0.15, -0.1) is 10.2 Å². The second kappa shape index (κ2) is 7.80. The van der Waals surface area contributed by atoms with Crippen molar-refractivity contribution < 1.29 is 4.42 Å². The zero-order valence-corrected chi connectivity index (χ0v) is 14.2. The number of hydrogen-bond acceptors (Lipinski definition) is 5. The first kappa shape index (κ1) is 16.3. The largest absolute Gasteiger partial charge is 0.416 e. The van der Waals surface area contributed by atoms with Gasteiger partial charge in [0, 0.05) is 5.75 Å². The van der Waals surface area contributed by atoms with E-state index in [4.69, 9.17) is 9.68 Å². The molecule has 0 unspecified atom stereocenters. The van der Waals surface area contributed by atoms with Crippen LogP contribution in [-0.4, -0.2) is 10.2 Å². The molecule has 0 aliphatic carbocycles. The molecule has 0 amide bonds. The van der Waals surface area contributed by atoms with Crippen molar-refractivity contribution in [2.45, 2.75) is 30.7 Å². The molecule has 0 bridgehead atoms. The number of thioether (sulfide) groups is 1. The predicted molar refractivity (Wildman–Crippen MR) is 93.6 cm³/mol. The second-order valence-corrected chi connectivity index (χ2v) is 6.29. The molecular weight excluding hydrogens is 318 g/mol. The number of hydrogen-bond donors (Lipinski definition) is 0. The fraction of sp³-hybridized carbons (Fsp3) is 0.211. The highest BCUT2D eigenvalue weighted by Crippen LogP contribution is 2.23. The molecule has 0 saturated heterocycles. The van der Waals surface area contributed by atoms with Crippen LogP contribution >= 0.6 is 11.8 Å². The SMILES string of the molecule is CCc1ccc(Cc2nnc(SCc3ccccc3C#N)o2)cc1. The minimum absolute atomic E-state index is 0.530. The Balaban J connectivity index is 1.62. The Kier molecular flexibility index (Phi) is 5.29. The zero-order valence-electron chi connectivity index (χ0n) is 13.4. The van der Waals surface area contributed by atoms with Crippen molar-refractivity contribution in [3.05, 3.63) is 76.7 Å². The van der Waals surface area contributed by atoms with Gasteiger partial charge >= 0.3 is 0 Å². The minimum Gasteiger partial charge on any atom is -0.416 e. The Bertz CT molecular complexity index is 850. The number of aromatic nitrogens is 2. The summed E-state index contributed by atoms with van der Waals surface area (Å²) in [6.07, 6.45) is 1.66. The van der Waals surface area contributed by atoms with E-state index in [1.165, 1.54) is 17.3 Å². The zero-order chi connectivity index (χ0) is 16.8. The monoisotopic (exact) mass is 335 g/mol. The molecule has 1 aromatic heterocycles. The second-order valence-electron chi connectivity index (χ2n) is 5.37. The van der Waals surface area contributed by atoms with Crippen molar-refractivity contribution in [2.75, 3.05) is 0 Å². The number of benzene rings is 2. The minimum atomic E-state index is 0.530. The summed E-state index contributed by atoms with van der Waals surface area (Å²) in [5, 5.41) is 17.8. The number of nitriles is 1. The molecule has 0 aliphatic heterocycles. The highest BCUT2D eigenvalue weighted by molar-refractivity contribution is 7.98. The molecule has 4 nitrogen and oxygen atoms in total. The van der Waals surface area contributed by atoms with Gasteiger partial charge in [0.05, 0.1) is 18.1 Å². The Morgan fingerprint density at radius 1 is 1.04 bits per heavy atom. The standard InChI is InChI=1S/C19H17N3OS/c1-2-14-7-9-15(10-8-14)11-18-21-22-19(23-18)24-13-17-6-4-3-5-16(17)12-20/h3-10H,2,11,13H2,1H3. The van der Waals surface area contributed by atoms with Crippen molar-refractivity contribution in [1.29, 1.82) is 5.26 Å². The first-order valence-electron chi connectivity index (χ1n) is 7.79. The van der Waals surface area contributed by atoms with E-state index in [1.54, 1.807) is 0 Å². The fourth-order valence-electron chi connectivity index (χ4n) is 2.33. The normalized spacial score (nSPS) is 10.5. The molecule has 24 heavy (non-hydrogen) atoms. The quantitative estimate of drug-likeness (QED) is 0.625. The van der Waals surface area contributed by atoms with Gasteiger partial charge in [-0.1, -0.05) is 61.2 Å². The summed E-state index contributed by atoms with van der Waals surface area (Å²) in [7, 11) is 0. The van der Waals surface area contributed by atoms with E-state index in [1.807, 2.05) is 24.3 Å². The van der Waals surface area contributed by atoms with E-state index in [-0.39, 0.29) is 0 Å². The molecule has 0 aliphatic rings. The van der Waals surface area contributed by atoms with Crippen molar-refractivity contribution >= 4 is 11.8 Å². The van der Waals surface area contributed by atoms with E-state index in [2.05, 4.69) is 47.5 Å². The van der Waals surface area contributed by atoms with Crippen molar-refractivity contribution in [2.24, 2.45) is 0 Å². The molecule has 0 saturated carbocycles. The van der Waals surface area contributed by atoms with Gasteiger partial charge in [-0.05, 0) is 29.2 Å². The summed E-state index contributed by atoms with van der Waals surface area (Å²) in [6, 6.07) is 18.2. The maximum Gasteiger partial charge on any atom is 0.276 e. The van der Waals surface area contributed by atoms with Gasteiger partial charge in [0.25, 0.3) is 5.22 Å². The van der Waals surface area contributed by atoms with Crippen LogP contribution in [0.1, 0.15) is 35.1 Å². The molecule has 3 aromatic rings. The molecule has 0 radical (unpaired) electrons. The van der Waals surface area contributed by atoms with Crippen LogP contribution in [-0.2, 0) is 18.6 Å². The van der Waals surface area contributed by atoms with Gasteiger partial charge < -0.3 is 4.42 Å². The average Bonchev–Trinajstić information content (AvgIpc) is 3.08. The molecule has 0 fully saturated rings. The molecular formula is C19H17N3OS. The molecule has 0 atom stereocenters. The Labute approximate surface area is 145 Å². The van der Waals surface area contributed by atoms with Crippen LogP contribution in [0.5, 0.6) is 0 Å². The number of nitrogens with zero attached hydrogens (tertiary/aromatic N) is 3. The molecule has 0 N–H and O–H groups in total. The lowest BCUT2D eigenvalue weighted by Gasteiger charge is -2.01. The summed E-state index contributed by atoms with van der Waals surface area (Å²) in [5.74, 6) is 1.24. The first-order valence-corrected chi connectivity index (χ1v) is 8.78. The maximum atomic E-state index is 9.11. The number of aryl methyl sites for hydroxylation is 1. The van der Waals surface area contributed by atoms with Crippen molar-refractivity contribution in [1.82, 2.24) is 10.2 Å². The first-order chi connectivity index (χ1) is 11.8. The van der Waals surface area contributed by atoms with Gasteiger partial charge in [0.1, 0.15) is 0 Å². The smallest absolute Gasteiger partial charge is 0.276 e. The maximum absolute atomic E-state index is 9.11. The Morgan fingerprint density at radius 3 is 2.54 bits per heavy atom. The Morgan fingerprint density at radius 2 is 1.79 bits per heavy atom. The van der Waals surface area contributed by atoms with Gasteiger partial charge in [0.2, 0.25) is 5.89 Å². The predicted octanol–water partition coefficient (Wildman–Crippen LogP) is 4.39. The van der Waals surface area contributed by atoms with Crippen molar-refractivity contribution in [3.8, 4) is 6.07 Å².